The molecule has 2 heterocycles. The minimum Gasteiger partial charge on any atom is -0.396 e. The van der Waals surface area contributed by atoms with E-state index >= 15 is 0 Å². The van der Waals surface area contributed by atoms with Gasteiger partial charge in [0.25, 0.3) is 0 Å². The van der Waals surface area contributed by atoms with Gasteiger partial charge in [-0.3, -0.25) is 9.59 Å². The number of benzene rings is 2. The number of carbonyl (C=O) groups excluding carboxylic acids is 1. The van der Waals surface area contributed by atoms with Crippen LogP contribution < -0.4 is 22.3 Å². The van der Waals surface area contributed by atoms with Gasteiger partial charge in [0.05, 0.1) is 22.0 Å². The van der Waals surface area contributed by atoms with Gasteiger partial charge < -0.3 is 21.8 Å². The number of hydrogen-bond donors (Lipinski definition) is 4. The molecule has 2 aromatic heterocycles. The molecule has 30 heavy (non-hydrogen) atoms. The summed E-state index contributed by atoms with van der Waals surface area (Å²) in [5.41, 5.74) is 15.2. The molecule has 0 aliphatic rings. The van der Waals surface area contributed by atoms with E-state index in [1.165, 1.54) is 6.07 Å². The summed E-state index contributed by atoms with van der Waals surface area (Å²) in [7, 11) is 0. The number of fused-ring (bicyclic) bond motifs is 1. The van der Waals surface area contributed by atoms with Crippen molar-refractivity contribution in [2.75, 3.05) is 11.1 Å². The number of primary amides is 1. The molecule has 0 bridgehead atoms. The highest BCUT2D eigenvalue weighted by Crippen LogP contribution is 2.27. The first-order valence-corrected chi connectivity index (χ1v) is 9.50. The Kier molecular flexibility index (Phi) is 5.12. The van der Waals surface area contributed by atoms with E-state index in [0.717, 1.165) is 22.0 Å². The first-order valence-electron chi connectivity index (χ1n) is 9.13. The Labute approximate surface area is 176 Å². The number of halogens is 1. The highest BCUT2D eigenvalue weighted by atomic mass is 35.5. The normalized spacial score (nSPS) is 10.8. The Balaban J connectivity index is 1.58. The van der Waals surface area contributed by atoms with E-state index < -0.39 is 5.91 Å². The number of hydrogen-bond acceptors (Lipinski definition) is 5. The summed E-state index contributed by atoms with van der Waals surface area (Å²) < 4.78 is 0. The molecule has 1 amide bonds. The minimum absolute atomic E-state index is 0.133. The number of nitrogens with two attached hydrogens (primary N) is 2. The van der Waals surface area contributed by atoms with Gasteiger partial charge in [0, 0.05) is 23.7 Å². The average Bonchev–Trinajstić information content (AvgIpc) is 2.72. The zero-order chi connectivity index (χ0) is 21.3. The Hall–Kier alpha value is -3.84. The first kappa shape index (κ1) is 19.5. The van der Waals surface area contributed by atoms with Crippen LogP contribution in [0, 0.1) is 0 Å². The van der Waals surface area contributed by atoms with Crippen LogP contribution in [0.1, 0.15) is 15.9 Å². The molecule has 4 aromatic rings. The van der Waals surface area contributed by atoms with Gasteiger partial charge in [0.1, 0.15) is 5.82 Å². The Morgan fingerprint density at radius 1 is 1.07 bits per heavy atom. The van der Waals surface area contributed by atoms with Gasteiger partial charge in [-0.2, -0.15) is 0 Å². The summed E-state index contributed by atoms with van der Waals surface area (Å²) in [6, 6.07) is 17.5. The Morgan fingerprint density at radius 3 is 2.67 bits per heavy atom. The lowest BCUT2D eigenvalue weighted by atomic mass is 10.1. The van der Waals surface area contributed by atoms with Crippen molar-refractivity contribution >= 4 is 39.9 Å². The number of rotatable bonds is 5. The van der Waals surface area contributed by atoms with Crippen molar-refractivity contribution in [2.45, 2.75) is 6.54 Å². The summed E-state index contributed by atoms with van der Waals surface area (Å²) in [6.07, 6.45) is 0. The van der Waals surface area contributed by atoms with E-state index in [1.54, 1.807) is 36.4 Å². The fourth-order valence-electron chi connectivity index (χ4n) is 3.15. The van der Waals surface area contributed by atoms with Crippen LogP contribution in [0.25, 0.3) is 22.2 Å². The molecule has 0 saturated carbocycles. The van der Waals surface area contributed by atoms with Gasteiger partial charge in [-0.1, -0.05) is 23.7 Å². The molecule has 150 valence electrons. The maximum atomic E-state index is 11.4. The first-order chi connectivity index (χ1) is 14.4. The number of amides is 1. The van der Waals surface area contributed by atoms with Crippen LogP contribution in [0.15, 0.2) is 65.5 Å². The number of carbonyl (C=O) groups is 1. The molecule has 0 aliphatic carbocycles. The van der Waals surface area contributed by atoms with E-state index in [0.29, 0.717) is 23.7 Å². The van der Waals surface area contributed by atoms with Gasteiger partial charge in [0.15, 0.2) is 0 Å². The molecular weight excluding hydrogens is 402 g/mol. The minimum atomic E-state index is -0.585. The summed E-state index contributed by atoms with van der Waals surface area (Å²) in [5.74, 6) is -0.0530. The number of nitrogens with one attached hydrogen (secondary N) is 2. The third-order valence-electron chi connectivity index (χ3n) is 4.70. The monoisotopic (exact) mass is 419 g/mol. The molecule has 2 aromatic carbocycles. The molecule has 0 unspecified atom stereocenters. The zero-order valence-corrected chi connectivity index (χ0v) is 16.5. The van der Waals surface area contributed by atoms with E-state index in [-0.39, 0.29) is 16.1 Å². The average molecular weight is 420 g/mol. The number of H-pyrrole nitrogens is 1. The van der Waals surface area contributed by atoms with E-state index in [9.17, 15) is 9.59 Å². The molecule has 0 spiro atoms. The molecule has 4 rings (SSSR count). The third-order valence-corrected chi connectivity index (χ3v) is 5.02. The standard InChI is InChI=1S/C22H18ClN5O2/c23-16-10-14(2-4-15(16)21(25)30)19-7-5-17(24)22(28-19)26-11-12-1-6-18-13(9-12)3-8-20(29)27-18/h1-10H,11,24H2,(H2,25,30)(H,26,28)(H,27,29). The number of aromatic nitrogens is 2. The molecule has 0 radical (unpaired) electrons. The second kappa shape index (κ2) is 7.88. The van der Waals surface area contributed by atoms with Crippen molar-refractivity contribution in [3.05, 3.63) is 87.2 Å². The van der Waals surface area contributed by atoms with Crippen molar-refractivity contribution in [2.24, 2.45) is 5.73 Å². The largest absolute Gasteiger partial charge is 0.396 e. The van der Waals surface area contributed by atoms with Crippen LogP contribution >= 0.6 is 11.6 Å². The third kappa shape index (κ3) is 3.97. The lowest BCUT2D eigenvalue weighted by molar-refractivity contribution is 0.100. The zero-order valence-electron chi connectivity index (χ0n) is 15.8. The van der Waals surface area contributed by atoms with Gasteiger partial charge in [-0.25, -0.2) is 4.98 Å². The van der Waals surface area contributed by atoms with Crippen LogP contribution in [-0.2, 0) is 6.54 Å². The van der Waals surface area contributed by atoms with Crippen molar-refractivity contribution in [1.82, 2.24) is 9.97 Å². The fourth-order valence-corrected chi connectivity index (χ4v) is 3.42. The number of anilines is 2. The van der Waals surface area contributed by atoms with Crippen molar-refractivity contribution in [1.29, 1.82) is 0 Å². The molecule has 8 heteroatoms. The molecule has 0 aliphatic heterocycles. The number of nitrogen functional groups attached to an aromatic ring is 1. The van der Waals surface area contributed by atoms with Crippen LogP contribution in [0.2, 0.25) is 5.02 Å². The molecular formula is C22H18ClN5O2. The topological polar surface area (TPSA) is 127 Å². The number of nitrogens with zero attached hydrogens (tertiary/aromatic N) is 1. The van der Waals surface area contributed by atoms with Crippen molar-refractivity contribution in [3.63, 3.8) is 0 Å². The quantitative estimate of drug-likeness (QED) is 0.393. The van der Waals surface area contributed by atoms with Crippen molar-refractivity contribution in [3.8, 4) is 11.3 Å². The van der Waals surface area contributed by atoms with E-state index in [2.05, 4.69) is 15.3 Å². The maximum Gasteiger partial charge on any atom is 0.250 e. The maximum absolute atomic E-state index is 11.4. The molecule has 0 saturated heterocycles. The van der Waals surface area contributed by atoms with Crippen LogP contribution in [0.3, 0.4) is 0 Å². The second-order valence-electron chi connectivity index (χ2n) is 6.79. The van der Waals surface area contributed by atoms with Gasteiger partial charge in [-0.05, 0) is 53.4 Å². The lowest BCUT2D eigenvalue weighted by Gasteiger charge is -2.12. The lowest BCUT2D eigenvalue weighted by Crippen LogP contribution is -2.11. The Bertz CT molecular complexity index is 1330. The summed E-state index contributed by atoms with van der Waals surface area (Å²) in [5, 5.41) is 4.45. The van der Waals surface area contributed by atoms with Gasteiger partial charge in [-0.15, -0.1) is 0 Å². The fraction of sp³-hybridized carbons (Fsp3) is 0.0455. The van der Waals surface area contributed by atoms with Crippen LogP contribution in [0.5, 0.6) is 0 Å². The highest BCUT2D eigenvalue weighted by Gasteiger charge is 2.10. The molecule has 6 N–H and O–H groups in total. The SMILES string of the molecule is NC(=O)c1ccc(-c2ccc(N)c(NCc3ccc4[nH]c(=O)ccc4c3)n2)cc1Cl. The predicted molar refractivity (Wildman–Crippen MR) is 120 cm³/mol. The van der Waals surface area contributed by atoms with E-state index in [4.69, 9.17) is 23.1 Å². The van der Waals surface area contributed by atoms with Crippen LogP contribution in [0.4, 0.5) is 11.5 Å². The highest BCUT2D eigenvalue weighted by molar-refractivity contribution is 6.34. The Morgan fingerprint density at radius 2 is 1.90 bits per heavy atom. The van der Waals surface area contributed by atoms with E-state index in [1.807, 2.05) is 18.2 Å². The number of aromatic amines is 1. The summed E-state index contributed by atoms with van der Waals surface area (Å²) in [6.45, 7) is 0.497. The number of pyridine rings is 2. The smallest absolute Gasteiger partial charge is 0.250 e. The summed E-state index contributed by atoms with van der Waals surface area (Å²) >= 11 is 6.15. The summed E-state index contributed by atoms with van der Waals surface area (Å²) in [4.78, 5) is 30.2. The second-order valence-corrected chi connectivity index (χ2v) is 7.20. The predicted octanol–water partition coefficient (Wildman–Crippen LogP) is 3.54. The van der Waals surface area contributed by atoms with Crippen molar-refractivity contribution < 1.29 is 4.79 Å². The molecule has 0 atom stereocenters. The van der Waals surface area contributed by atoms with Gasteiger partial charge in [0.2, 0.25) is 11.5 Å². The van der Waals surface area contributed by atoms with Gasteiger partial charge >= 0.3 is 0 Å². The molecule has 7 nitrogen and oxygen atoms in total. The molecule has 0 fully saturated rings. The van der Waals surface area contributed by atoms with Crippen LogP contribution in [-0.4, -0.2) is 15.9 Å².